The van der Waals surface area contributed by atoms with Crippen molar-refractivity contribution in [1.82, 2.24) is 0 Å². The van der Waals surface area contributed by atoms with Crippen LogP contribution in [0, 0.1) is 5.82 Å². The number of benzene rings is 1. The number of rotatable bonds is 2. The van der Waals surface area contributed by atoms with Crippen molar-refractivity contribution in [3.63, 3.8) is 0 Å². The molecule has 4 heteroatoms. The molecule has 0 aliphatic carbocycles. The van der Waals surface area contributed by atoms with Gasteiger partial charge in [-0.3, -0.25) is 0 Å². The van der Waals surface area contributed by atoms with Crippen LogP contribution in [0.3, 0.4) is 0 Å². The van der Waals surface area contributed by atoms with Crippen LogP contribution in [-0.2, 0) is 6.61 Å². The van der Waals surface area contributed by atoms with Gasteiger partial charge in [-0.15, -0.1) is 0 Å². The Labute approximate surface area is 90.9 Å². The van der Waals surface area contributed by atoms with E-state index >= 15 is 0 Å². The Morgan fingerprint density at radius 2 is 2.07 bits per heavy atom. The maximum Gasteiger partial charge on any atom is 0.134 e. The van der Waals surface area contributed by atoms with Crippen LogP contribution in [-0.4, -0.2) is 5.11 Å². The first-order valence-corrected chi connectivity index (χ1v) is 4.73. The van der Waals surface area contributed by atoms with Crippen molar-refractivity contribution in [3.8, 4) is 11.3 Å². The summed E-state index contributed by atoms with van der Waals surface area (Å²) in [4.78, 5) is 0. The fourth-order valence-corrected chi connectivity index (χ4v) is 1.54. The van der Waals surface area contributed by atoms with E-state index in [1.165, 1.54) is 12.1 Å². The van der Waals surface area contributed by atoms with Gasteiger partial charge in [0.05, 0.1) is 0 Å². The molecule has 0 saturated heterocycles. The van der Waals surface area contributed by atoms with E-state index in [1.54, 1.807) is 18.2 Å². The molecular formula is C11H8ClFO2. The Hall–Kier alpha value is -1.32. The van der Waals surface area contributed by atoms with Gasteiger partial charge < -0.3 is 9.52 Å². The summed E-state index contributed by atoms with van der Waals surface area (Å²) in [6, 6.07) is 7.45. The van der Waals surface area contributed by atoms with Crippen molar-refractivity contribution >= 4 is 11.6 Å². The average Bonchev–Trinajstić information content (AvgIpc) is 2.64. The molecule has 0 unspecified atom stereocenters. The van der Waals surface area contributed by atoms with E-state index in [1.807, 2.05) is 0 Å². The van der Waals surface area contributed by atoms with Crippen molar-refractivity contribution in [1.29, 1.82) is 0 Å². The average molecular weight is 227 g/mol. The van der Waals surface area contributed by atoms with E-state index in [0.29, 0.717) is 22.1 Å². The Kier molecular flexibility index (Phi) is 2.75. The van der Waals surface area contributed by atoms with Crippen molar-refractivity contribution in [2.24, 2.45) is 0 Å². The molecule has 1 heterocycles. The van der Waals surface area contributed by atoms with Gasteiger partial charge in [0.15, 0.2) is 0 Å². The fraction of sp³-hybridized carbons (Fsp3) is 0.0909. The van der Waals surface area contributed by atoms with Crippen LogP contribution in [0.25, 0.3) is 11.3 Å². The number of halogens is 2. The lowest BCUT2D eigenvalue weighted by Gasteiger charge is -1.98. The lowest BCUT2D eigenvalue weighted by molar-refractivity contribution is 0.248. The molecule has 15 heavy (non-hydrogen) atoms. The van der Waals surface area contributed by atoms with Crippen LogP contribution >= 0.6 is 11.6 Å². The highest BCUT2D eigenvalue weighted by atomic mass is 35.5. The lowest BCUT2D eigenvalue weighted by atomic mass is 10.2. The molecule has 1 aromatic heterocycles. The van der Waals surface area contributed by atoms with E-state index in [9.17, 15) is 4.39 Å². The predicted octanol–water partition coefficient (Wildman–Crippen LogP) is 3.23. The van der Waals surface area contributed by atoms with E-state index < -0.39 is 5.82 Å². The minimum Gasteiger partial charge on any atom is -0.459 e. The summed E-state index contributed by atoms with van der Waals surface area (Å²) in [5, 5.41) is 9.13. The minimum absolute atomic E-state index is 0.178. The molecule has 0 saturated carbocycles. The van der Waals surface area contributed by atoms with Crippen LogP contribution in [0.2, 0.25) is 5.02 Å². The van der Waals surface area contributed by atoms with E-state index in [4.69, 9.17) is 21.1 Å². The SMILES string of the molecule is OCc1ccc(-c2cc(F)cc(Cl)c2)o1. The Bertz CT molecular complexity index is 459. The molecule has 0 aliphatic rings. The molecule has 1 N–H and O–H groups in total. The molecule has 0 fully saturated rings. The number of aliphatic hydroxyl groups excluding tert-OH is 1. The van der Waals surface area contributed by atoms with E-state index in [2.05, 4.69) is 0 Å². The predicted molar refractivity (Wildman–Crippen MR) is 55.0 cm³/mol. The molecule has 0 atom stereocenters. The third-order valence-electron chi connectivity index (χ3n) is 1.96. The molecule has 0 bridgehead atoms. The van der Waals surface area contributed by atoms with Gasteiger partial charge in [-0.2, -0.15) is 0 Å². The Balaban J connectivity index is 2.44. The van der Waals surface area contributed by atoms with Gasteiger partial charge in [-0.05, 0) is 30.3 Å². The lowest BCUT2D eigenvalue weighted by Crippen LogP contribution is -1.79. The molecule has 0 aliphatic heterocycles. The topological polar surface area (TPSA) is 33.4 Å². The van der Waals surface area contributed by atoms with Gasteiger partial charge in [-0.1, -0.05) is 11.6 Å². The number of furan rings is 1. The zero-order valence-corrected chi connectivity index (χ0v) is 8.46. The van der Waals surface area contributed by atoms with Crippen LogP contribution in [0.15, 0.2) is 34.7 Å². The van der Waals surface area contributed by atoms with Crippen molar-refractivity contribution in [2.75, 3.05) is 0 Å². The second-order valence-electron chi connectivity index (χ2n) is 3.08. The third-order valence-corrected chi connectivity index (χ3v) is 2.18. The maximum absolute atomic E-state index is 13.0. The normalized spacial score (nSPS) is 10.6. The van der Waals surface area contributed by atoms with Gasteiger partial charge in [0.2, 0.25) is 0 Å². The van der Waals surface area contributed by atoms with Gasteiger partial charge >= 0.3 is 0 Å². The van der Waals surface area contributed by atoms with Crippen molar-refractivity contribution in [3.05, 3.63) is 46.9 Å². The summed E-state index contributed by atoms with van der Waals surface area (Å²) in [6.45, 7) is -0.178. The molecule has 2 nitrogen and oxygen atoms in total. The highest BCUT2D eigenvalue weighted by molar-refractivity contribution is 6.30. The molecule has 0 amide bonds. The summed E-state index contributed by atoms with van der Waals surface area (Å²) in [7, 11) is 0. The first-order chi connectivity index (χ1) is 7.19. The summed E-state index contributed by atoms with van der Waals surface area (Å²) >= 11 is 5.71. The maximum atomic E-state index is 13.0. The highest BCUT2D eigenvalue weighted by Crippen LogP contribution is 2.26. The number of aliphatic hydroxyl groups is 1. The minimum atomic E-state index is -0.417. The smallest absolute Gasteiger partial charge is 0.134 e. The molecule has 78 valence electrons. The summed E-state index contributed by atoms with van der Waals surface area (Å²) < 4.78 is 18.3. The zero-order valence-electron chi connectivity index (χ0n) is 7.71. The number of hydrogen-bond donors (Lipinski definition) is 1. The van der Waals surface area contributed by atoms with Crippen LogP contribution < -0.4 is 0 Å². The van der Waals surface area contributed by atoms with Crippen LogP contribution in [0.1, 0.15) is 5.76 Å². The van der Waals surface area contributed by atoms with Crippen LogP contribution in [0.5, 0.6) is 0 Å². The van der Waals surface area contributed by atoms with Crippen molar-refractivity contribution in [2.45, 2.75) is 6.61 Å². The number of hydrogen-bond acceptors (Lipinski definition) is 2. The Morgan fingerprint density at radius 3 is 2.67 bits per heavy atom. The van der Waals surface area contributed by atoms with Gasteiger partial charge in [0.25, 0.3) is 0 Å². The van der Waals surface area contributed by atoms with Gasteiger partial charge in [0, 0.05) is 10.6 Å². The van der Waals surface area contributed by atoms with Crippen molar-refractivity contribution < 1.29 is 13.9 Å². The molecule has 1 aromatic carbocycles. The first-order valence-electron chi connectivity index (χ1n) is 4.35. The second kappa shape index (κ2) is 4.04. The monoisotopic (exact) mass is 226 g/mol. The Morgan fingerprint density at radius 1 is 1.27 bits per heavy atom. The molecular weight excluding hydrogens is 219 g/mol. The molecule has 2 rings (SSSR count). The first kappa shape index (κ1) is 10.2. The fourth-order valence-electron chi connectivity index (χ4n) is 1.31. The van der Waals surface area contributed by atoms with E-state index in [0.717, 1.165) is 0 Å². The van der Waals surface area contributed by atoms with Gasteiger partial charge in [0.1, 0.15) is 23.9 Å². The zero-order chi connectivity index (χ0) is 10.8. The summed E-state index contributed by atoms with van der Waals surface area (Å²) in [6.07, 6.45) is 0. The second-order valence-corrected chi connectivity index (χ2v) is 3.52. The third kappa shape index (κ3) is 2.19. The molecule has 0 radical (unpaired) electrons. The quantitative estimate of drug-likeness (QED) is 0.853. The summed E-state index contributed by atoms with van der Waals surface area (Å²) in [5.74, 6) is 0.505. The highest BCUT2D eigenvalue weighted by Gasteiger charge is 2.06. The standard InChI is InChI=1S/C11H8ClFO2/c12-8-3-7(4-9(13)5-8)11-2-1-10(6-14)15-11/h1-5,14H,6H2. The van der Waals surface area contributed by atoms with E-state index in [-0.39, 0.29) is 6.61 Å². The largest absolute Gasteiger partial charge is 0.459 e. The van der Waals surface area contributed by atoms with Crippen LogP contribution in [0.4, 0.5) is 4.39 Å². The summed E-state index contributed by atoms with van der Waals surface area (Å²) in [5.41, 5.74) is 0.555. The van der Waals surface area contributed by atoms with Gasteiger partial charge in [-0.25, -0.2) is 4.39 Å². The molecule has 2 aromatic rings. The molecule has 0 spiro atoms.